The van der Waals surface area contributed by atoms with E-state index in [0.717, 1.165) is 24.0 Å². The molecule has 36 heavy (non-hydrogen) atoms. The molecule has 1 saturated carbocycles. The van der Waals surface area contributed by atoms with Crippen LogP contribution in [0.3, 0.4) is 0 Å². The number of rotatable bonds is 8. The molecule has 0 spiro atoms. The van der Waals surface area contributed by atoms with Gasteiger partial charge in [-0.25, -0.2) is 9.67 Å². The lowest BCUT2D eigenvalue weighted by atomic mass is 10.1. The normalized spacial score (nSPS) is 17.1. The van der Waals surface area contributed by atoms with Gasteiger partial charge in [0.15, 0.2) is 0 Å². The van der Waals surface area contributed by atoms with Crippen molar-refractivity contribution in [2.24, 2.45) is 0 Å². The molecule has 0 unspecified atom stereocenters. The number of amides is 3. The summed E-state index contributed by atoms with van der Waals surface area (Å²) in [7, 11) is 1.64. The summed E-state index contributed by atoms with van der Waals surface area (Å²) in [6, 6.07) is 14.7. The molecular formula is C26H28N6O4. The maximum absolute atomic E-state index is 13.1. The summed E-state index contributed by atoms with van der Waals surface area (Å²) in [5.41, 5.74) is 2.56. The third-order valence-corrected chi connectivity index (χ3v) is 6.23. The standard InChI is InChI=1S/C26H28N6O4/c1-31-21-13-17(8-12-23(33)28-19-9-10-19)7-11-22(21)36-15-20(26(31)35)29-25(34)24-27-16-32(30-24)14-18-5-3-2-4-6-18/h2-7,11,13,16,19-20H,8-10,12,14-15H2,1H3,(H,28,33)(H,29,34)/t20-/m0/s1. The fourth-order valence-corrected chi connectivity index (χ4v) is 4.06. The number of ether oxygens (including phenoxy) is 1. The first-order valence-corrected chi connectivity index (χ1v) is 12.0. The summed E-state index contributed by atoms with van der Waals surface area (Å²) in [5.74, 6) is -0.301. The first kappa shape index (κ1) is 23.5. The first-order valence-electron chi connectivity index (χ1n) is 12.0. The summed E-state index contributed by atoms with van der Waals surface area (Å²) in [5, 5.41) is 9.92. The predicted molar refractivity (Wildman–Crippen MR) is 132 cm³/mol. The summed E-state index contributed by atoms with van der Waals surface area (Å²) in [4.78, 5) is 43.5. The molecule has 186 valence electrons. The molecule has 3 amide bonds. The van der Waals surface area contributed by atoms with Gasteiger partial charge >= 0.3 is 0 Å². The molecule has 5 rings (SSSR count). The van der Waals surface area contributed by atoms with Gasteiger partial charge in [-0.05, 0) is 42.5 Å². The minimum atomic E-state index is -0.899. The van der Waals surface area contributed by atoms with E-state index < -0.39 is 11.9 Å². The van der Waals surface area contributed by atoms with Crippen molar-refractivity contribution >= 4 is 23.4 Å². The zero-order valence-corrected chi connectivity index (χ0v) is 20.0. The highest BCUT2D eigenvalue weighted by Crippen LogP contribution is 2.32. The number of aryl methyl sites for hydroxylation is 1. The quantitative estimate of drug-likeness (QED) is 0.498. The summed E-state index contributed by atoms with van der Waals surface area (Å²) < 4.78 is 7.44. The largest absolute Gasteiger partial charge is 0.489 e. The highest BCUT2D eigenvalue weighted by molar-refractivity contribution is 6.02. The van der Waals surface area contributed by atoms with Gasteiger partial charge < -0.3 is 20.3 Å². The molecule has 2 heterocycles. The van der Waals surface area contributed by atoms with Gasteiger partial charge in [-0.2, -0.15) is 0 Å². The van der Waals surface area contributed by atoms with Crippen molar-refractivity contribution in [2.45, 2.75) is 44.3 Å². The maximum atomic E-state index is 13.1. The lowest BCUT2D eigenvalue weighted by molar-refractivity contribution is -0.121. The molecule has 1 fully saturated rings. The molecule has 2 aromatic carbocycles. The number of aromatic nitrogens is 3. The van der Waals surface area contributed by atoms with Crippen LogP contribution in [0.4, 0.5) is 5.69 Å². The maximum Gasteiger partial charge on any atom is 0.291 e. The van der Waals surface area contributed by atoms with E-state index in [4.69, 9.17) is 4.74 Å². The van der Waals surface area contributed by atoms with Gasteiger partial charge in [-0.3, -0.25) is 14.4 Å². The minimum absolute atomic E-state index is 0.0181. The molecule has 0 saturated heterocycles. The SMILES string of the molecule is CN1C(=O)[C@@H](NC(=O)c2ncn(Cc3ccccc3)n2)COc2ccc(CCC(=O)NC3CC3)cc21. The summed E-state index contributed by atoms with van der Waals surface area (Å²) in [6.07, 6.45) is 4.54. The molecule has 10 nitrogen and oxygen atoms in total. The van der Waals surface area contributed by atoms with E-state index in [1.165, 1.54) is 11.2 Å². The van der Waals surface area contributed by atoms with Crippen molar-refractivity contribution in [3.63, 3.8) is 0 Å². The second-order valence-electron chi connectivity index (χ2n) is 9.13. The molecule has 1 aromatic heterocycles. The van der Waals surface area contributed by atoms with Crippen LogP contribution >= 0.6 is 0 Å². The van der Waals surface area contributed by atoms with E-state index >= 15 is 0 Å². The molecule has 1 aliphatic carbocycles. The third kappa shape index (κ3) is 5.54. The van der Waals surface area contributed by atoms with Gasteiger partial charge in [-0.1, -0.05) is 36.4 Å². The first-order chi connectivity index (χ1) is 17.5. The Balaban J connectivity index is 1.21. The van der Waals surface area contributed by atoms with E-state index in [2.05, 4.69) is 20.7 Å². The van der Waals surface area contributed by atoms with Crippen LogP contribution in [-0.4, -0.2) is 58.2 Å². The van der Waals surface area contributed by atoms with Gasteiger partial charge in [0.2, 0.25) is 11.7 Å². The molecule has 1 aliphatic heterocycles. The Morgan fingerprint density at radius 2 is 1.89 bits per heavy atom. The van der Waals surface area contributed by atoms with Crippen LogP contribution in [0.5, 0.6) is 5.75 Å². The van der Waals surface area contributed by atoms with Crippen molar-refractivity contribution in [2.75, 3.05) is 18.6 Å². The average Bonchev–Trinajstić information content (AvgIpc) is 3.60. The van der Waals surface area contributed by atoms with E-state index in [1.807, 2.05) is 42.5 Å². The zero-order valence-electron chi connectivity index (χ0n) is 20.0. The van der Waals surface area contributed by atoms with Crippen molar-refractivity contribution in [3.8, 4) is 5.75 Å². The zero-order chi connectivity index (χ0) is 25.1. The van der Waals surface area contributed by atoms with E-state index in [-0.39, 0.29) is 24.2 Å². The molecule has 10 heteroatoms. The average molecular weight is 489 g/mol. The summed E-state index contributed by atoms with van der Waals surface area (Å²) >= 11 is 0. The Bertz CT molecular complexity index is 1270. The second kappa shape index (κ2) is 10.2. The number of benzene rings is 2. The highest BCUT2D eigenvalue weighted by Gasteiger charge is 2.32. The van der Waals surface area contributed by atoms with Crippen LogP contribution < -0.4 is 20.3 Å². The molecular weight excluding hydrogens is 460 g/mol. The Kier molecular flexibility index (Phi) is 6.66. The Labute approximate surface area is 208 Å². The lowest BCUT2D eigenvalue weighted by Gasteiger charge is -2.20. The van der Waals surface area contributed by atoms with Gasteiger partial charge in [0.05, 0.1) is 12.2 Å². The van der Waals surface area contributed by atoms with Crippen LogP contribution in [0.2, 0.25) is 0 Å². The monoisotopic (exact) mass is 488 g/mol. The van der Waals surface area contributed by atoms with E-state index in [1.54, 1.807) is 17.8 Å². The van der Waals surface area contributed by atoms with Crippen LogP contribution in [0.15, 0.2) is 54.9 Å². The number of carbonyl (C=O) groups is 3. The Morgan fingerprint density at radius 1 is 1.08 bits per heavy atom. The van der Waals surface area contributed by atoms with Gasteiger partial charge in [0.25, 0.3) is 11.8 Å². The van der Waals surface area contributed by atoms with Crippen molar-refractivity contribution in [3.05, 3.63) is 71.8 Å². The van der Waals surface area contributed by atoms with Crippen molar-refractivity contribution in [1.29, 1.82) is 0 Å². The number of carbonyl (C=O) groups excluding carboxylic acids is 3. The van der Waals surface area contributed by atoms with Crippen LogP contribution in [0.1, 0.15) is 41.0 Å². The molecule has 2 N–H and O–H groups in total. The number of anilines is 1. The fourth-order valence-electron chi connectivity index (χ4n) is 4.06. The fraction of sp³-hybridized carbons (Fsp3) is 0.346. The van der Waals surface area contributed by atoms with Gasteiger partial charge in [0.1, 0.15) is 24.7 Å². The number of fused-ring (bicyclic) bond motifs is 1. The van der Waals surface area contributed by atoms with E-state index in [9.17, 15) is 14.4 Å². The minimum Gasteiger partial charge on any atom is -0.489 e. The second-order valence-corrected chi connectivity index (χ2v) is 9.13. The molecule has 2 aliphatic rings. The van der Waals surface area contributed by atoms with Crippen LogP contribution in [0.25, 0.3) is 0 Å². The number of hydrogen-bond donors (Lipinski definition) is 2. The topological polar surface area (TPSA) is 118 Å². The van der Waals surface area contributed by atoms with Crippen LogP contribution in [0, 0.1) is 0 Å². The van der Waals surface area contributed by atoms with E-state index in [0.29, 0.717) is 36.9 Å². The smallest absolute Gasteiger partial charge is 0.291 e. The van der Waals surface area contributed by atoms with Crippen molar-refractivity contribution in [1.82, 2.24) is 25.4 Å². The van der Waals surface area contributed by atoms with Crippen LogP contribution in [-0.2, 0) is 22.6 Å². The molecule has 3 aromatic rings. The number of hydrogen-bond acceptors (Lipinski definition) is 6. The lowest BCUT2D eigenvalue weighted by Crippen LogP contribution is -2.49. The number of nitrogens with zero attached hydrogens (tertiary/aromatic N) is 4. The van der Waals surface area contributed by atoms with Crippen molar-refractivity contribution < 1.29 is 19.1 Å². The molecule has 1 atom stereocenters. The molecule has 0 bridgehead atoms. The van der Waals surface area contributed by atoms with Gasteiger partial charge in [0, 0.05) is 19.5 Å². The highest BCUT2D eigenvalue weighted by atomic mass is 16.5. The predicted octanol–water partition coefficient (Wildman–Crippen LogP) is 1.69. The number of likely N-dealkylation sites (N-methyl/N-ethyl adjacent to an activating group) is 1. The Hall–Kier alpha value is -4.21. The molecule has 0 radical (unpaired) electrons. The number of nitrogens with one attached hydrogen (secondary N) is 2. The summed E-state index contributed by atoms with van der Waals surface area (Å²) in [6.45, 7) is 0.463. The Morgan fingerprint density at radius 3 is 2.67 bits per heavy atom. The third-order valence-electron chi connectivity index (χ3n) is 6.23. The van der Waals surface area contributed by atoms with Gasteiger partial charge in [-0.15, -0.1) is 5.10 Å².